The number of benzene rings is 1. The van der Waals surface area contributed by atoms with Crippen LogP contribution in [0.4, 0.5) is 0 Å². The van der Waals surface area contributed by atoms with E-state index in [9.17, 15) is 9.59 Å². The molecular formula is C23H25N3O3. The van der Waals surface area contributed by atoms with E-state index in [1.807, 2.05) is 47.9 Å². The number of para-hydroxylation sites is 1. The number of nitrogens with one attached hydrogen (secondary N) is 1. The average Bonchev–Trinajstić information content (AvgIpc) is 3.47. The lowest BCUT2D eigenvalue weighted by Crippen LogP contribution is -2.64. The van der Waals surface area contributed by atoms with Crippen LogP contribution < -0.4 is 5.32 Å². The van der Waals surface area contributed by atoms with Gasteiger partial charge in [-0.3, -0.25) is 9.59 Å². The third kappa shape index (κ3) is 2.94. The number of rotatable bonds is 4. The van der Waals surface area contributed by atoms with Crippen molar-refractivity contribution in [2.75, 3.05) is 0 Å². The van der Waals surface area contributed by atoms with Crippen LogP contribution in [0.1, 0.15) is 48.9 Å². The van der Waals surface area contributed by atoms with Gasteiger partial charge in [0.05, 0.1) is 19.4 Å². The zero-order chi connectivity index (χ0) is 20.0. The van der Waals surface area contributed by atoms with Gasteiger partial charge in [0.1, 0.15) is 17.0 Å². The Morgan fingerprint density at radius 2 is 2.00 bits per heavy atom. The van der Waals surface area contributed by atoms with Gasteiger partial charge in [0, 0.05) is 16.9 Å². The molecular weight excluding hydrogens is 366 g/mol. The molecule has 1 aromatic carbocycles. The molecule has 2 amide bonds. The van der Waals surface area contributed by atoms with Crippen molar-refractivity contribution in [2.45, 2.75) is 57.3 Å². The number of amides is 2. The number of carbonyl (C=O) groups excluding carboxylic acids is 2. The van der Waals surface area contributed by atoms with Gasteiger partial charge in [-0.05, 0) is 44.0 Å². The van der Waals surface area contributed by atoms with Gasteiger partial charge in [-0.25, -0.2) is 0 Å². The number of fused-ring (bicyclic) bond motifs is 3. The van der Waals surface area contributed by atoms with Gasteiger partial charge in [0.2, 0.25) is 5.91 Å². The van der Waals surface area contributed by atoms with Gasteiger partial charge in [0.15, 0.2) is 0 Å². The monoisotopic (exact) mass is 391 g/mol. The first-order valence-electron chi connectivity index (χ1n) is 10.3. The predicted molar refractivity (Wildman–Crippen MR) is 109 cm³/mol. The second kappa shape index (κ2) is 6.79. The Morgan fingerprint density at radius 1 is 1.21 bits per heavy atom. The van der Waals surface area contributed by atoms with Crippen molar-refractivity contribution in [2.24, 2.45) is 0 Å². The lowest BCUT2D eigenvalue weighted by Gasteiger charge is -2.44. The molecule has 1 aliphatic carbocycles. The summed E-state index contributed by atoms with van der Waals surface area (Å²) in [5.74, 6) is 0.434. The molecule has 1 atom stereocenters. The van der Waals surface area contributed by atoms with Crippen molar-refractivity contribution in [3.8, 4) is 0 Å². The van der Waals surface area contributed by atoms with Crippen molar-refractivity contribution in [1.29, 1.82) is 0 Å². The number of aromatic nitrogens is 1. The molecule has 5 rings (SSSR count). The first kappa shape index (κ1) is 18.0. The van der Waals surface area contributed by atoms with Gasteiger partial charge >= 0.3 is 0 Å². The van der Waals surface area contributed by atoms with E-state index in [1.54, 1.807) is 17.2 Å². The second-order valence-corrected chi connectivity index (χ2v) is 8.37. The molecule has 1 saturated carbocycles. The molecule has 1 N–H and O–H groups in total. The maximum atomic E-state index is 13.6. The summed E-state index contributed by atoms with van der Waals surface area (Å²) in [5, 5.41) is 4.22. The standard InChI is InChI=1S/C23H25N3O3/c1-23(22(28)24-17-8-3-4-9-17)15-25-19-11-5-2-7-16(19)13-20(25)21(27)26(23)14-18-10-6-12-29-18/h2,5-7,10-13,17H,3-4,8-9,14-15H2,1H3,(H,24,28). The highest BCUT2D eigenvalue weighted by Crippen LogP contribution is 2.34. The van der Waals surface area contributed by atoms with Crippen LogP contribution in [0, 0.1) is 0 Å². The van der Waals surface area contributed by atoms with Crippen molar-refractivity contribution in [1.82, 2.24) is 14.8 Å². The molecule has 0 radical (unpaired) electrons. The number of hydrogen-bond donors (Lipinski definition) is 1. The fourth-order valence-corrected chi connectivity index (χ4v) is 4.72. The Balaban J connectivity index is 1.57. The molecule has 150 valence electrons. The Labute approximate surface area is 169 Å². The first-order valence-corrected chi connectivity index (χ1v) is 10.3. The quantitative estimate of drug-likeness (QED) is 0.737. The van der Waals surface area contributed by atoms with Crippen molar-refractivity contribution in [3.05, 3.63) is 60.2 Å². The van der Waals surface area contributed by atoms with Crippen LogP contribution in [0.2, 0.25) is 0 Å². The zero-order valence-corrected chi connectivity index (χ0v) is 16.6. The molecule has 1 fully saturated rings. The molecule has 6 heteroatoms. The van der Waals surface area contributed by atoms with Crippen LogP contribution in [0.5, 0.6) is 0 Å². The smallest absolute Gasteiger partial charge is 0.271 e. The third-order valence-electron chi connectivity index (χ3n) is 6.41. The lowest BCUT2D eigenvalue weighted by atomic mass is 9.94. The van der Waals surface area contributed by atoms with Crippen molar-refractivity contribution in [3.63, 3.8) is 0 Å². The lowest BCUT2D eigenvalue weighted by molar-refractivity contribution is -0.134. The van der Waals surface area contributed by atoms with Crippen LogP contribution in [0.3, 0.4) is 0 Å². The molecule has 0 bridgehead atoms. The number of nitrogens with zero attached hydrogens (tertiary/aromatic N) is 2. The van der Waals surface area contributed by atoms with Crippen LogP contribution in [0.25, 0.3) is 10.9 Å². The van der Waals surface area contributed by atoms with E-state index in [1.165, 1.54) is 0 Å². The largest absolute Gasteiger partial charge is 0.467 e. The highest BCUT2D eigenvalue weighted by atomic mass is 16.3. The number of furan rings is 1. The Morgan fingerprint density at radius 3 is 2.76 bits per heavy atom. The first-order chi connectivity index (χ1) is 14.1. The third-order valence-corrected chi connectivity index (χ3v) is 6.41. The Hall–Kier alpha value is -3.02. The molecule has 29 heavy (non-hydrogen) atoms. The minimum absolute atomic E-state index is 0.0901. The molecule has 2 aliphatic rings. The summed E-state index contributed by atoms with van der Waals surface area (Å²) in [7, 11) is 0. The van der Waals surface area contributed by atoms with E-state index in [2.05, 4.69) is 5.32 Å². The Kier molecular flexibility index (Phi) is 4.23. The van der Waals surface area contributed by atoms with E-state index in [0.717, 1.165) is 36.6 Å². The number of carbonyl (C=O) groups is 2. The summed E-state index contributed by atoms with van der Waals surface area (Å²) in [6.45, 7) is 2.55. The zero-order valence-electron chi connectivity index (χ0n) is 16.6. The van der Waals surface area contributed by atoms with Gasteiger partial charge in [-0.15, -0.1) is 0 Å². The summed E-state index contributed by atoms with van der Waals surface area (Å²) in [4.78, 5) is 28.7. The summed E-state index contributed by atoms with van der Waals surface area (Å²) >= 11 is 0. The van der Waals surface area contributed by atoms with Crippen LogP contribution in [0.15, 0.2) is 53.1 Å². The van der Waals surface area contributed by atoms with Gasteiger partial charge < -0.3 is 19.2 Å². The van der Waals surface area contributed by atoms with E-state index in [0.29, 0.717) is 18.0 Å². The van der Waals surface area contributed by atoms with E-state index in [4.69, 9.17) is 4.42 Å². The van der Waals surface area contributed by atoms with E-state index >= 15 is 0 Å². The summed E-state index contributed by atoms with van der Waals surface area (Å²) in [5.41, 5.74) is 0.596. The van der Waals surface area contributed by atoms with Gasteiger partial charge in [0.25, 0.3) is 5.91 Å². The second-order valence-electron chi connectivity index (χ2n) is 8.37. The molecule has 3 heterocycles. The minimum atomic E-state index is -0.999. The number of hydrogen-bond acceptors (Lipinski definition) is 3. The summed E-state index contributed by atoms with van der Waals surface area (Å²) < 4.78 is 7.50. The topological polar surface area (TPSA) is 67.5 Å². The molecule has 0 spiro atoms. The normalized spacial score (nSPS) is 22.2. The average molecular weight is 391 g/mol. The van der Waals surface area contributed by atoms with Crippen LogP contribution in [-0.2, 0) is 17.9 Å². The summed E-state index contributed by atoms with van der Waals surface area (Å²) in [6, 6.07) is 13.7. The van der Waals surface area contributed by atoms with Gasteiger partial charge in [-0.1, -0.05) is 31.0 Å². The molecule has 1 unspecified atom stereocenters. The molecule has 1 aliphatic heterocycles. The molecule has 6 nitrogen and oxygen atoms in total. The van der Waals surface area contributed by atoms with Gasteiger partial charge in [-0.2, -0.15) is 0 Å². The van der Waals surface area contributed by atoms with Crippen LogP contribution in [-0.4, -0.2) is 32.9 Å². The molecule has 3 aromatic rings. The van der Waals surface area contributed by atoms with E-state index in [-0.39, 0.29) is 24.4 Å². The SMILES string of the molecule is CC1(C(=O)NC2CCCC2)Cn2c(cc3ccccc32)C(=O)N1Cc1ccco1. The highest BCUT2D eigenvalue weighted by Gasteiger charge is 2.48. The van der Waals surface area contributed by atoms with Crippen LogP contribution >= 0.6 is 0 Å². The highest BCUT2D eigenvalue weighted by molar-refractivity contribution is 6.03. The molecule has 0 saturated heterocycles. The predicted octanol–water partition coefficient (Wildman–Crippen LogP) is 3.71. The fraction of sp³-hybridized carbons (Fsp3) is 0.391. The van der Waals surface area contributed by atoms with Crippen molar-refractivity contribution >= 4 is 22.7 Å². The Bertz CT molecular complexity index is 1060. The summed E-state index contributed by atoms with van der Waals surface area (Å²) in [6.07, 6.45) is 5.89. The molecule has 2 aromatic heterocycles. The maximum absolute atomic E-state index is 13.6. The maximum Gasteiger partial charge on any atom is 0.271 e. The fourth-order valence-electron chi connectivity index (χ4n) is 4.72. The minimum Gasteiger partial charge on any atom is -0.467 e. The van der Waals surface area contributed by atoms with E-state index < -0.39 is 5.54 Å². The van der Waals surface area contributed by atoms with Crippen molar-refractivity contribution < 1.29 is 14.0 Å².